The number of para-hydroxylation sites is 1. The number of benzene rings is 1. The monoisotopic (exact) mass is 399 g/mol. The summed E-state index contributed by atoms with van der Waals surface area (Å²) in [7, 11) is 0. The molecule has 4 heterocycles. The van der Waals surface area contributed by atoms with Crippen LogP contribution in [0.4, 0.5) is 11.8 Å². The van der Waals surface area contributed by atoms with Crippen molar-refractivity contribution in [3.05, 3.63) is 67.4 Å². The first-order chi connectivity index (χ1) is 14.8. The molecule has 1 atom stereocenters. The Labute approximate surface area is 173 Å². The van der Waals surface area contributed by atoms with Crippen molar-refractivity contribution in [3.63, 3.8) is 0 Å². The van der Waals surface area contributed by atoms with E-state index in [2.05, 4.69) is 52.9 Å². The largest absolute Gasteiger partial charge is 0.356 e. The van der Waals surface area contributed by atoms with Crippen LogP contribution in [0.5, 0.6) is 0 Å². The summed E-state index contributed by atoms with van der Waals surface area (Å²) in [5.41, 5.74) is 1.10. The van der Waals surface area contributed by atoms with Gasteiger partial charge in [0, 0.05) is 37.7 Å². The van der Waals surface area contributed by atoms with Gasteiger partial charge in [-0.05, 0) is 36.4 Å². The molecule has 3 aromatic heterocycles. The Hall–Kier alpha value is -3.81. The molecule has 1 amide bonds. The molecule has 0 radical (unpaired) electrons. The van der Waals surface area contributed by atoms with Crippen LogP contribution >= 0.6 is 0 Å². The second kappa shape index (κ2) is 7.90. The first kappa shape index (κ1) is 18.2. The molecule has 1 fully saturated rings. The third kappa shape index (κ3) is 3.59. The zero-order valence-corrected chi connectivity index (χ0v) is 16.3. The zero-order chi connectivity index (χ0) is 20.3. The summed E-state index contributed by atoms with van der Waals surface area (Å²) in [5, 5.41) is 3.98. The number of carbonyl (C=O) groups excluding carboxylic acids is 1. The van der Waals surface area contributed by atoms with Crippen LogP contribution in [0.3, 0.4) is 0 Å². The lowest BCUT2D eigenvalue weighted by molar-refractivity contribution is -0.120. The number of fused-ring (bicyclic) bond motifs is 1. The Bertz CT molecular complexity index is 1170. The Morgan fingerprint density at radius 1 is 1.00 bits per heavy atom. The number of nitrogens with one attached hydrogen (secondary N) is 1. The maximum atomic E-state index is 12.7. The standard InChI is InChI=1S/C22H21N7O/c30-21(27-22-23-9-4-10-24-22)17-6-3-11-28(14-17)19-13-20(26-15-25-19)29-12-8-16-5-1-2-7-18(16)29/h1-2,4-5,7-10,12-13,15,17H,3,6,11,14H2,(H,23,24,27,30)/t17-/m1/s1. The van der Waals surface area contributed by atoms with Gasteiger partial charge in [-0.15, -0.1) is 0 Å². The van der Waals surface area contributed by atoms with E-state index in [0.29, 0.717) is 12.5 Å². The van der Waals surface area contributed by atoms with Crippen molar-refractivity contribution >= 4 is 28.6 Å². The molecule has 0 aliphatic carbocycles. The normalized spacial score (nSPS) is 16.5. The summed E-state index contributed by atoms with van der Waals surface area (Å²) in [6.45, 7) is 1.45. The molecule has 150 valence electrons. The molecular formula is C22H21N7O. The van der Waals surface area contributed by atoms with E-state index in [1.807, 2.05) is 24.4 Å². The number of hydrogen-bond donors (Lipinski definition) is 1. The van der Waals surface area contributed by atoms with Crippen molar-refractivity contribution in [1.82, 2.24) is 24.5 Å². The molecule has 1 aromatic carbocycles. The Morgan fingerprint density at radius 3 is 2.73 bits per heavy atom. The van der Waals surface area contributed by atoms with Gasteiger partial charge in [0.1, 0.15) is 18.0 Å². The molecule has 0 bridgehead atoms. The lowest BCUT2D eigenvalue weighted by Crippen LogP contribution is -2.41. The fraction of sp³-hybridized carbons (Fsp3) is 0.227. The van der Waals surface area contributed by atoms with Crippen LogP contribution in [0.2, 0.25) is 0 Å². The lowest BCUT2D eigenvalue weighted by Gasteiger charge is -2.32. The molecule has 8 heteroatoms. The van der Waals surface area contributed by atoms with Gasteiger partial charge in [0.25, 0.3) is 0 Å². The van der Waals surface area contributed by atoms with Crippen LogP contribution in [-0.4, -0.2) is 43.5 Å². The highest BCUT2D eigenvalue weighted by molar-refractivity contribution is 5.91. The molecule has 0 saturated carbocycles. The van der Waals surface area contributed by atoms with Crippen LogP contribution in [0.1, 0.15) is 12.8 Å². The molecule has 4 aromatic rings. The van der Waals surface area contributed by atoms with E-state index in [1.54, 1.807) is 24.8 Å². The number of rotatable bonds is 4. The van der Waals surface area contributed by atoms with E-state index in [4.69, 9.17) is 0 Å². The number of aromatic nitrogens is 5. The van der Waals surface area contributed by atoms with Crippen molar-refractivity contribution in [3.8, 4) is 5.82 Å². The van der Waals surface area contributed by atoms with Crippen LogP contribution < -0.4 is 10.2 Å². The van der Waals surface area contributed by atoms with E-state index in [-0.39, 0.29) is 11.8 Å². The maximum absolute atomic E-state index is 12.7. The third-order valence-corrected chi connectivity index (χ3v) is 5.40. The minimum atomic E-state index is -0.145. The van der Waals surface area contributed by atoms with Gasteiger partial charge in [0.15, 0.2) is 0 Å². The number of carbonyl (C=O) groups is 1. The zero-order valence-electron chi connectivity index (χ0n) is 16.3. The van der Waals surface area contributed by atoms with Gasteiger partial charge in [-0.2, -0.15) is 0 Å². The number of hydrogen-bond acceptors (Lipinski definition) is 6. The van der Waals surface area contributed by atoms with Crippen molar-refractivity contribution in [2.24, 2.45) is 5.92 Å². The number of amides is 1. The molecule has 8 nitrogen and oxygen atoms in total. The van der Waals surface area contributed by atoms with Gasteiger partial charge in [-0.3, -0.25) is 10.1 Å². The van der Waals surface area contributed by atoms with Gasteiger partial charge < -0.3 is 9.47 Å². The van der Waals surface area contributed by atoms with E-state index < -0.39 is 0 Å². The van der Waals surface area contributed by atoms with Gasteiger partial charge >= 0.3 is 0 Å². The number of piperidine rings is 1. The fourth-order valence-electron chi connectivity index (χ4n) is 3.90. The van der Waals surface area contributed by atoms with Crippen LogP contribution in [-0.2, 0) is 4.79 Å². The van der Waals surface area contributed by atoms with E-state index in [1.165, 1.54) is 0 Å². The van der Waals surface area contributed by atoms with E-state index in [9.17, 15) is 4.79 Å². The topological polar surface area (TPSA) is 88.8 Å². The SMILES string of the molecule is O=C(Nc1ncccn1)[C@@H]1CCCN(c2cc(-n3ccc4ccccc43)ncn2)C1. The second-order valence-electron chi connectivity index (χ2n) is 7.33. The molecule has 1 aliphatic rings. The number of nitrogens with zero attached hydrogens (tertiary/aromatic N) is 6. The smallest absolute Gasteiger partial charge is 0.231 e. The highest BCUT2D eigenvalue weighted by Crippen LogP contribution is 2.25. The van der Waals surface area contributed by atoms with Gasteiger partial charge in [0.2, 0.25) is 11.9 Å². The highest BCUT2D eigenvalue weighted by Gasteiger charge is 2.27. The summed E-state index contributed by atoms with van der Waals surface area (Å²) in [6, 6.07) is 14.0. The quantitative estimate of drug-likeness (QED) is 0.567. The highest BCUT2D eigenvalue weighted by atomic mass is 16.2. The number of anilines is 2. The first-order valence-electron chi connectivity index (χ1n) is 9.99. The van der Waals surface area contributed by atoms with Crippen molar-refractivity contribution < 1.29 is 4.79 Å². The van der Waals surface area contributed by atoms with Crippen molar-refractivity contribution in [2.45, 2.75) is 12.8 Å². The minimum Gasteiger partial charge on any atom is -0.356 e. The third-order valence-electron chi connectivity index (χ3n) is 5.40. The Morgan fingerprint density at radius 2 is 1.83 bits per heavy atom. The van der Waals surface area contributed by atoms with Crippen LogP contribution in [0.25, 0.3) is 16.7 Å². The van der Waals surface area contributed by atoms with E-state index in [0.717, 1.165) is 41.9 Å². The fourth-order valence-corrected chi connectivity index (χ4v) is 3.90. The summed E-state index contributed by atoms with van der Waals surface area (Å²) >= 11 is 0. The molecule has 0 spiro atoms. The average molecular weight is 399 g/mol. The molecule has 0 unspecified atom stereocenters. The summed E-state index contributed by atoms with van der Waals surface area (Å²) in [5.74, 6) is 1.77. The van der Waals surface area contributed by atoms with Crippen LogP contribution in [0.15, 0.2) is 67.4 Å². The molecule has 5 rings (SSSR count). The maximum Gasteiger partial charge on any atom is 0.231 e. The first-order valence-corrected chi connectivity index (χ1v) is 9.99. The molecule has 30 heavy (non-hydrogen) atoms. The summed E-state index contributed by atoms with van der Waals surface area (Å²) < 4.78 is 2.06. The summed E-state index contributed by atoms with van der Waals surface area (Å²) in [6.07, 6.45) is 8.57. The molecule has 1 N–H and O–H groups in total. The summed E-state index contributed by atoms with van der Waals surface area (Å²) in [4.78, 5) is 31.9. The Balaban J connectivity index is 1.35. The van der Waals surface area contributed by atoms with Gasteiger partial charge in [-0.25, -0.2) is 19.9 Å². The predicted molar refractivity (Wildman–Crippen MR) is 114 cm³/mol. The lowest BCUT2D eigenvalue weighted by atomic mass is 9.97. The van der Waals surface area contributed by atoms with Gasteiger partial charge in [0.05, 0.1) is 11.4 Å². The predicted octanol–water partition coefficient (Wildman–Crippen LogP) is 3.07. The van der Waals surface area contributed by atoms with E-state index >= 15 is 0 Å². The molecular weight excluding hydrogens is 378 g/mol. The van der Waals surface area contributed by atoms with Gasteiger partial charge in [-0.1, -0.05) is 18.2 Å². The van der Waals surface area contributed by atoms with Crippen molar-refractivity contribution in [2.75, 3.05) is 23.3 Å². The average Bonchev–Trinajstić information content (AvgIpc) is 3.24. The second-order valence-corrected chi connectivity index (χ2v) is 7.33. The molecule has 1 aliphatic heterocycles. The van der Waals surface area contributed by atoms with Crippen molar-refractivity contribution in [1.29, 1.82) is 0 Å². The Kier molecular flexibility index (Phi) is 4.80. The van der Waals surface area contributed by atoms with Crippen LogP contribution in [0, 0.1) is 5.92 Å². The minimum absolute atomic E-state index is 0.0587. The molecule has 1 saturated heterocycles.